The Morgan fingerprint density at radius 3 is 2.20 bits per heavy atom. The summed E-state index contributed by atoms with van der Waals surface area (Å²) in [6.45, 7) is 6.45. The van der Waals surface area contributed by atoms with Gasteiger partial charge < -0.3 is 17.4 Å². The van der Waals surface area contributed by atoms with E-state index in [2.05, 4.69) is 17.6 Å². The largest absolute Gasteiger partial charge is 0.796 e. The number of aliphatic imine (C=N–C) groups is 1. The molecule has 0 unspecified atom stereocenters. The number of nitrogens with zero attached hydrogens (tertiary/aromatic N) is 1. The average Bonchev–Trinajstić information content (AvgIpc) is 2.42. The zero-order valence-corrected chi connectivity index (χ0v) is 14.8. The summed E-state index contributed by atoms with van der Waals surface area (Å²) >= 11 is 4.08. The van der Waals surface area contributed by atoms with E-state index in [1.165, 1.54) is 0 Å². The molecule has 0 fully saturated rings. The van der Waals surface area contributed by atoms with Crippen LogP contribution in [0.5, 0.6) is 0 Å². The second kappa shape index (κ2) is 13.3. The van der Waals surface area contributed by atoms with Crippen LogP contribution in [0, 0.1) is 6.92 Å². The molecule has 0 aliphatic rings. The van der Waals surface area contributed by atoms with Gasteiger partial charge in [-0.25, -0.2) is 0 Å². The van der Waals surface area contributed by atoms with Gasteiger partial charge in [0.1, 0.15) is 0 Å². The van der Waals surface area contributed by atoms with Gasteiger partial charge in [0, 0.05) is 30.5 Å². The van der Waals surface area contributed by atoms with Crippen molar-refractivity contribution in [1.29, 1.82) is 0 Å². The second-order valence-corrected chi connectivity index (χ2v) is 3.86. The van der Waals surface area contributed by atoms with Gasteiger partial charge in [0.2, 0.25) is 0 Å². The molecule has 20 heavy (non-hydrogen) atoms. The van der Waals surface area contributed by atoms with Gasteiger partial charge in [-0.2, -0.15) is 11.2 Å². The van der Waals surface area contributed by atoms with Crippen molar-refractivity contribution in [1.82, 2.24) is 0 Å². The number of carbonyl (C=O) groups is 1. The summed E-state index contributed by atoms with van der Waals surface area (Å²) in [7, 11) is 0. The maximum atomic E-state index is 11.8. The zero-order chi connectivity index (χ0) is 14.7. The first-order valence-corrected chi connectivity index (χ1v) is 7.21. The first kappa shape index (κ1) is 21.6. The maximum absolute atomic E-state index is 11.8. The molecule has 3 nitrogen and oxygen atoms in total. The third-order valence-electron chi connectivity index (χ3n) is 2.30. The number of amides is 1. The van der Waals surface area contributed by atoms with Crippen LogP contribution in [0.4, 0.5) is 0 Å². The molecule has 0 N–H and O–H groups in total. The molecule has 1 amide bonds. The van der Waals surface area contributed by atoms with E-state index in [9.17, 15) is 4.79 Å². The zero-order valence-electron chi connectivity index (χ0n) is 12.5. The minimum absolute atomic E-state index is 0. The van der Waals surface area contributed by atoms with Crippen LogP contribution in [0.1, 0.15) is 42.6 Å². The van der Waals surface area contributed by atoms with Gasteiger partial charge in [-0.1, -0.05) is 24.6 Å². The van der Waals surface area contributed by atoms with Crippen LogP contribution in [0.15, 0.2) is 29.3 Å². The van der Waals surface area contributed by atoms with Crippen LogP contribution in [-0.2, 0) is 35.9 Å². The topological polar surface area (TPSA) is 38.7 Å². The van der Waals surface area contributed by atoms with E-state index >= 15 is 0 Å². The average molecular weight is 331 g/mol. The number of carbonyl (C=O) groups excluding carboxylic acids is 1. The Hall–Kier alpha value is -0.706. The number of ether oxygens (including phenoxy) is 1. The van der Waals surface area contributed by atoms with Crippen molar-refractivity contribution in [3.63, 3.8) is 0 Å². The van der Waals surface area contributed by atoms with Crippen molar-refractivity contribution in [3.8, 4) is 0 Å². The van der Waals surface area contributed by atoms with E-state index < -0.39 is 0 Å². The van der Waals surface area contributed by atoms with Crippen LogP contribution < -0.4 is 0 Å². The Balaban J connectivity index is 0. The van der Waals surface area contributed by atoms with Crippen molar-refractivity contribution in [3.05, 3.63) is 35.4 Å². The quantitative estimate of drug-likeness (QED) is 0.481. The number of benzene rings is 1. The Morgan fingerprint density at radius 1 is 1.20 bits per heavy atom. The molecule has 0 atom stereocenters. The molecule has 5 heteroatoms. The maximum Gasteiger partial charge on any atom is 0.279 e. The number of hydrogen-bond acceptors (Lipinski definition) is 3. The summed E-state index contributed by atoms with van der Waals surface area (Å²) in [6.07, 6.45) is 3.20. The molecule has 0 aromatic heterocycles. The summed E-state index contributed by atoms with van der Waals surface area (Å²) in [6, 6.07) is 7.39. The minimum atomic E-state index is -0.234. The molecule has 1 aromatic carbocycles. The van der Waals surface area contributed by atoms with Crippen molar-refractivity contribution >= 4 is 24.4 Å². The fourth-order valence-electron chi connectivity index (χ4n) is 1.41. The van der Waals surface area contributed by atoms with Crippen LogP contribution in [0.25, 0.3) is 0 Å². The fourth-order valence-corrected chi connectivity index (χ4v) is 1.41. The number of hydrogen-bond donors (Lipinski definition) is 0. The normalized spacial score (nSPS) is 9.95. The van der Waals surface area contributed by atoms with E-state index in [1.807, 2.05) is 32.9 Å². The SMILES string of the molecule is CCCC(=NC(=O)c1ccc(C)cc1)OCC.C[S-].[V]. The molecule has 0 aliphatic heterocycles. The predicted molar refractivity (Wildman–Crippen MR) is 82.8 cm³/mol. The van der Waals surface area contributed by atoms with E-state index in [0.717, 1.165) is 12.0 Å². The Morgan fingerprint density at radius 2 is 1.75 bits per heavy atom. The molecule has 1 radical (unpaired) electrons. The Labute approximate surface area is 139 Å². The van der Waals surface area contributed by atoms with Gasteiger partial charge in [0.25, 0.3) is 5.91 Å². The van der Waals surface area contributed by atoms with Gasteiger partial charge >= 0.3 is 0 Å². The summed E-state index contributed by atoms with van der Waals surface area (Å²) in [5, 5.41) is 0. The number of aryl methyl sites for hydroxylation is 1. The molecule has 0 saturated carbocycles. The van der Waals surface area contributed by atoms with Gasteiger partial charge in [0.05, 0.1) is 6.61 Å². The van der Waals surface area contributed by atoms with E-state index in [0.29, 0.717) is 24.5 Å². The molecule has 1 rings (SSSR count). The van der Waals surface area contributed by atoms with Crippen LogP contribution in [0.3, 0.4) is 0 Å². The first-order chi connectivity index (χ1) is 9.17. The molecule has 0 saturated heterocycles. The Kier molecular flexibility index (Phi) is 14.3. The molecular formula is C15H22NO2SV-. The molecule has 0 spiro atoms. The van der Waals surface area contributed by atoms with Crippen molar-refractivity contribution in [2.75, 3.05) is 12.9 Å². The predicted octanol–water partition coefficient (Wildman–Crippen LogP) is 3.53. The monoisotopic (exact) mass is 331 g/mol. The fraction of sp³-hybridized carbons (Fsp3) is 0.467. The molecule has 0 aliphatic carbocycles. The third kappa shape index (κ3) is 8.46. The summed E-state index contributed by atoms with van der Waals surface area (Å²) in [5.41, 5.74) is 1.73. The molecule has 0 heterocycles. The van der Waals surface area contributed by atoms with Gasteiger partial charge in [-0.15, -0.1) is 0 Å². The summed E-state index contributed by atoms with van der Waals surface area (Å²) in [4.78, 5) is 15.9. The van der Waals surface area contributed by atoms with Crippen molar-refractivity contribution < 1.29 is 28.1 Å². The molecule has 1 aromatic rings. The van der Waals surface area contributed by atoms with Crippen molar-refractivity contribution in [2.45, 2.75) is 33.6 Å². The van der Waals surface area contributed by atoms with E-state index in [-0.39, 0.29) is 24.5 Å². The molecule has 0 bridgehead atoms. The summed E-state index contributed by atoms with van der Waals surface area (Å²) < 4.78 is 5.33. The van der Waals surface area contributed by atoms with Crippen LogP contribution in [0.2, 0.25) is 0 Å². The van der Waals surface area contributed by atoms with Crippen LogP contribution in [-0.4, -0.2) is 24.7 Å². The standard InChI is InChI=1S/C14H19NO2.CH4S.V/c1-4-6-13(17-5-2)15-14(16)12-9-7-11(3)8-10-12;1-2;/h7-10H,4-6H2,1-3H3;2H,1H3;/p-1. The molecule has 111 valence electrons. The second-order valence-electron chi connectivity index (χ2n) is 3.86. The minimum Gasteiger partial charge on any atom is -0.796 e. The van der Waals surface area contributed by atoms with Crippen molar-refractivity contribution in [2.24, 2.45) is 4.99 Å². The van der Waals surface area contributed by atoms with E-state index in [4.69, 9.17) is 4.74 Å². The summed E-state index contributed by atoms with van der Waals surface area (Å²) in [5.74, 6) is 0.294. The van der Waals surface area contributed by atoms with E-state index in [1.54, 1.807) is 18.4 Å². The Bertz CT molecular complexity index is 397. The number of rotatable bonds is 4. The smallest absolute Gasteiger partial charge is 0.279 e. The van der Waals surface area contributed by atoms with Gasteiger partial charge in [-0.3, -0.25) is 4.79 Å². The van der Waals surface area contributed by atoms with Gasteiger partial charge in [0.15, 0.2) is 5.90 Å². The molecular weight excluding hydrogens is 309 g/mol. The first-order valence-electron chi connectivity index (χ1n) is 6.39. The van der Waals surface area contributed by atoms with Crippen LogP contribution >= 0.6 is 0 Å². The third-order valence-corrected chi connectivity index (χ3v) is 2.30. The van der Waals surface area contributed by atoms with Gasteiger partial charge in [-0.05, 0) is 32.4 Å².